The third-order valence-corrected chi connectivity index (χ3v) is 5.99. The Morgan fingerprint density at radius 2 is 2.08 bits per heavy atom. The summed E-state index contributed by atoms with van der Waals surface area (Å²) in [5, 5.41) is 4.09. The number of aromatic nitrogens is 2. The van der Waals surface area contributed by atoms with Gasteiger partial charge in [-0.3, -0.25) is 4.79 Å². The lowest BCUT2D eigenvalue weighted by Crippen LogP contribution is -2.42. The number of fused-ring (bicyclic) bond motifs is 1. The Kier molecular flexibility index (Phi) is 5.39. The molecule has 2 aromatic heterocycles. The third-order valence-electron chi connectivity index (χ3n) is 4.69. The summed E-state index contributed by atoms with van der Waals surface area (Å²) >= 11 is 0. The number of hydrogen-bond acceptors (Lipinski definition) is 4. The molecule has 0 radical (unpaired) electrons. The molecule has 0 unspecified atom stereocenters. The van der Waals surface area contributed by atoms with E-state index in [1.54, 1.807) is 6.20 Å². The molecule has 0 spiro atoms. The van der Waals surface area contributed by atoms with Crippen LogP contribution >= 0.6 is 0 Å². The van der Waals surface area contributed by atoms with E-state index in [4.69, 9.17) is 0 Å². The van der Waals surface area contributed by atoms with Crippen LogP contribution in [0.15, 0.2) is 30.6 Å². The van der Waals surface area contributed by atoms with E-state index in [1.165, 1.54) is 10.6 Å². The number of amides is 1. The van der Waals surface area contributed by atoms with Crippen LogP contribution in [0.4, 0.5) is 0 Å². The van der Waals surface area contributed by atoms with Crippen LogP contribution in [0.1, 0.15) is 19.3 Å². The topological polar surface area (TPSA) is 84.3 Å². The molecule has 1 fully saturated rings. The van der Waals surface area contributed by atoms with Crippen molar-refractivity contribution in [3.05, 3.63) is 30.6 Å². The van der Waals surface area contributed by atoms with E-state index in [9.17, 15) is 13.2 Å². The molecule has 1 N–H and O–H groups in total. The van der Waals surface area contributed by atoms with E-state index in [0.29, 0.717) is 32.5 Å². The average Bonchev–Trinajstić information content (AvgIpc) is 3.01. The first-order valence-corrected chi connectivity index (χ1v) is 10.4. The maximum atomic E-state index is 12.2. The minimum Gasteiger partial charge on any atom is -0.356 e. The summed E-state index contributed by atoms with van der Waals surface area (Å²) in [6.07, 6.45) is 7.02. The normalized spacial score (nSPS) is 17.0. The first kappa shape index (κ1) is 17.9. The largest absolute Gasteiger partial charge is 0.356 e. The van der Waals surface area contributed by atoms with Crippen molar-refractivity contribution in [2.45, 2.75) is 25.8 Å². The molecule has 1 aliphatic rings. The van der Waals surface area contributed by atoms with Crippen molar-refractivity contribution in [1.82, 2.24) is 19.2 Å². The van der Waals surface area contributed by atoms with Gasteiger partial charge in [0.1, 0.15) is 5.65 Å². The van der Waals surface area contributed by atoms with Gasteiger partial charge >= 0.3 is 0 Å². The van der Waals surface area contributed by atoms with Gasteiger partial charge in [-0.1, -0.05) is 0 Å². The predicted octanol–water partition coefficient (Wildman–Crippen LogP) is 1.21. The molecule has 1 saturated heterocycles. The average molecular weight is 364 g/mol. The van der Waals surface area contributed by atoms with Crippen LogP contribution in [-0.4, -0.2) is 54.1 Å². The van der Waals surface area contributed by atoms with Crippen LogP contribution in [-0.2, 0) is 21.4 Å². The maximum absolute atomic E-state index is 12.2. The number of hydrogen-bond donors (Lipinski definition) is 1. The van der Waals surface area contributed by atoms with E-state index in [1.807, 2.05) is 24.4 Å². The molecule has 7 nitrogen and oxygen atoms in total. The Balaban J connectivity index is 1.41. The van der Waals surface area contributed by atoms with Crippen molar-refractivity contribution in [1.29, 1.82) is 0 Å². The van der Waals surface area contributed by atoms with E-state index in [0.717, 1.165) is 24.0 Å². The van der Waals surface area contributed by atoms with Gasteiger partial charge in [0.05, 0.1) is 6.26 Å². The Bertz CT molecular complexity index is 838. The van der Waals surface area contributed by atoms with Crippen LogP contribution in [0.25, 0.3) is 11.0 Å². The second kappa shape index (κ2) is 7.53. The zero-order valence-electron chi connectivity index (χ0n) is 14.4. The summed E-state index contributed by atoms with van der Waals surface area (Å²) in [5.41, 5.74) is 0.960. The van der Waals surface area contributed by atoms with Crippen LogP contribution in [0.2, 0.25) is 0 Å². The fourth-order valence-electron chi connectivity index (χ4n) is 3.26. The van der Waals surface area contributed by atoms with E-state index in [2.05, 4.69) is 14.9 Å². The highest BCUT2D eigenvalue weighted by atomic mass is 32.2. The van der Waals surface area contributed by atoms with Gasteiger partial charge in [0, 0.05) is 49.9 Å². The van der Waals surface area contributed by atoms with Crippen LogP contribution in [0.5, 0.6) is 0 Å². The van der Waals surface area contributed by atoms with Gasteiger partial charge < -0.3 is 9.88 Å². The second-order valence-corrected chi connectivity index (χ2v) is 8.49. The van der Waals surface area contributed by atoms with Crippen molar-refractivity contribution in [3.8, 4) is 0 Å². The van der Waals surface area contributed by atoms with Gasteiger partial charge in [0.15, 0.2) is 0 Å². The highest BCUT2D eigenvalue weighted by molar-refractivity contribution is 7.88. The molecule has 3 heterocycles. The first-order valence-electron chi connectivity index (χ1n) is 8.58. The van der Waals surface area contributed by atoms with Crippen LogP contribution < -0.4 is 5.32 Å². The highest BCUT2D eigenvalue weighted by Crippen LogP contribution is 2.19. The third kappa shape index (κ3) is 4.38. The molecule has 0 aliphatic carbocycles. The number of rotatable bonds is 6. The minimum atomic E-state index is -3.15. The Morgan fingerprint density at radius 3 is 2.80 bits per heavy atom. The van der Waals surface area contributed by atoms with Crippen molar-refractivity contribution in [3.63, 3.8) is 0 Å². The molecule has 0 saturated carbocycles. The van der Waals surface area contributed by atoms with Gasteiger partial charge in [-0.2, -0.15) is 0 Å². The lowest BCUT2D eigenvalue weighted by molar-refractivity contribution is -0.126. The molecule has 8 heteroatoms. The zero-order valence-corrected chi connectivity index (χ0v) is 15.2. The number of nitrogens with zero attached hydrogens (tertiary/aromatic N) is 3. The van der Waals surface area contributed by atoms with Gasteiger partial charge in [-0.25, -0.2) is 17.7 Å². The number of piperidine rings is 1. The molecule has 136 valence electrons. The second-order valence-electron chi connectivity index (χ2n) is 6.51. The molecule has 2 aromatic rings. The molecule has 3 rings (SSSR count). The molecule has 25 heavy (non-hydrogen) atoms. The number of sulfonamides is 1. The molecule has 0 atom stereocenters. The number of aryl methyl sites for hydroxylation is 1. The fraction of sp³-hybridized carbons (Fsp3) is 0.529. The molecular weight excluding hydrogens is 340 g/mol. The predicted molar refractivity (Wildman–Crippen MR) is 96.5 cm³/mol. The van der Waals surface area contributed by atoms with E-state index >= 15 is 0 Å². The maximum Gasteiger partial charge on any atom is 0.223 e. The monoisotopic (exact) mass is 364 g/mol. The Hall–Kier alpha value is -1.93. The quantitative estimate of drug-likeness (QED) is 0.781. The van der Waals surface area contributed by atoms with Crippen LogP contribution in [0.3, 0.4) is 0 Å². The van der Waals surface area contributed by atoms with Crippen molar-refractivity contribution >= 4 is 27.0 Å². The fourth-order valence-corrected chi connectivity index (χ4v) is 4.13. The van der Waals surface area contributed by atoms with Crippen molar-refractivity contribution in [2.24, 2.45) is 5.92 Å². The van der Waals surface area contributed by atoms with Gasteiger partial charge in [0.25, 0.3) is 0 Å². The van der Waals surface area contributed by atoms with Gasteiger partial charge in [-0.15, -0.1) is 0 Å². The number of pyridine rings is 1. The van der Waals surface area contributed by atoms with Crippen LogP contribution in [0, 0.1) is 5.92 Å². The first-order chi connectivity index (χ1) is 11.9. The lowest BCUT2D eigenvalue weighted by Gasteiger charge is -2.29. The summed E-state index contributed by atoms with van der Waals surface area (Å²) in [7, 11) is -3.15. The smallest absolute Gasteiger partial charge is 0.223 e. The summed E-state index contributed by atoms with van der Waals surface area (Å²) in [6, 6.07) is 5.99. The van der Waals surface area contributed by atoms with E-state index in [-0.39, 0.29) is 11.8 Å². The van der Waals surface area contributed by atoms with Gasteiger partial charge in [-0.05, 0) is 37.5 Å². The number of carbonyl (C=O) groups excluding carboxylic acids is 1. The standard InChI is InChI=1S/C17H24N4O3S/c1-25(23,24)21-12-6-15(7-13-21)17(22)19-9-3-10-20-11-5-14-4-2-8-18-16(14)20/h2,4-5,8,11,15H,3,6-7,9-10,12-13H2,1H3,(H,19,22). The minimum absolute atomic E-state index is 0.0311. The SMILES string of the molecule is CS(=O)(=O)N1CCC(C(=O)NCCCn2ccc3cccnc32)CC1. The summed E-state index contributed by atoms with van der Waals surface area (Å²) in [6.45, 7) is 2.26. The summed E-state index contributed by atoms with van der Waals surface area (Å²) in [4.78, 5) is 16.6. The Labute approximate surface area is 148 Å². The Morgan fingerprint density at radius 1 is 1.32 bits per heavy atom. The molecule has 1 amide bonds. The van der Waals surface area contributed by atoms with Crippen molar-refractivity contribution < 1.29 is 13.2 Å². The summed E-state index contributed by atoms with van der Waals surface area (Å²) in [5.74, 6) is -0.0595. The molecule has 0 bridgehead atoms. The van der Waals surface area contributed by atoms with Crippen molar-refractivity contribution in [2.75, 3.05) is 25.9 Å². The summed E-state index contributed by atoms with van der Waals surface area (Å²) < 4.78 is 26.5. The molecule has 0 aromatic carbocycles. The molecular formula is C17H24N4O3S. The number of carbonyl (C=O) groups is 1. The zero-order chi connectivity index (χ0) is 17.9. The molecule has 1 aliphatic heterocycles. The highest BCUT2D eigenvalue weighted by Gasteiger charge is 2.28. The lowest BCUT2D eigenvalue weighted by atomic mass is 9.97. The van der Waals surface area contributed by atoms with E-state index < -0.39 is 10.0 Å². The number of nitrogens with one attached hydrogen (secondary N) is 1. The van der Waals surface area contributed by atoms with Gasteiger partial charge in [0.2, 0.25) is 15.9 Å².